The van der Waals surface area contributed by atoms with Gasteiger partial charge in [-0.2, -0.15) is 4.98 Å². The third-order valence-corrected chi connectivity index (χ3v) is 10.3. The summed E-state index contributed by atoms with van der Waals surface area (Å²) in [7, 11) is -3.60. The average molecular weight is 664 g/mol. The third kappa shape index (κ3) is 6.06. The van der Waals surface area contributed by atoms with E-state index in [1.165, 1.54) is 6.07 Å². The van der Waals surface area contributed by atoms with Crippen LogP contribution >= 0.6 is 11.6 Å². The number of aromatic nitrogens is 6. The number of H-pyrrole nitrogens is 1. The number of nitrogens with one attached hydrogen (secondary N) is 1. The lowest BCUT2D eigenvalue weighted by Crippen LogP contribution is -2.41. The molecule has 2 aromatic carbocycles. The summed E-state index contributed by atoms with van der Waals surface area (Å²) < 4.78 is 38.3. The Morgan fingerprint density at radius 3 is 2.54 bits per heavy atom. The molecule has 0 spiro atoms. The highest BCUT2D eigenvalue weighted by atomic mass is 35.5. The summed E-state index contributed by atoms with van der Waals surface area (Å²) in [6.07, 6.45) is 5.59. The SMILES string of the molecule is CS(=O)(=O)c1cc(Cl)cc(-c2nc(-c3noc(=O)[nH]3)nc3nc(N4CCOC[C@H]4c4ccccc4)n(C[C@H]4CC[C@H](C)CC4)c23)c1. The number of sulfone groups is 1. The van der Waals surface area contributed by atoms with Crippen molar-refractivity contribution in [1.29, 1.82) is 0 Å². The van der Waals surface area contributed by atoms with Crippen molar-refractivity contribution in [2.75, 3.05) is 30.9 Å². The first kappa shape index (κ1) is 30.6. The normalized spacial score (nSPS) is 20.8. The number of halogens is 1. The molecule has 1 saturated carbocycles. The van der Waals surface area contributed by atoms with Crippen LogP contribution in [0.15, 0.2) is 62.7 Å². The molecule has 2 aliphatic rings. The van der Waals surface area contributed by atoms with Crippen LogP contribution < -0.4 is 10.7 Å². The molecular weight excluding hydrogens is 630 g/mol. The Kier molecular flexibility index (Phi) is 8.16. The van der Waals surface area contributed by atoms with E-state index in [1.54, 1.807) is 12.1 Å². The summed E-state index contributed by atoms with van der Waals surface area (Å²) in [4.78, 5) is 31.5. The second kappa shape index (κ2) is 12.3. The zero-order valence-electron chi connectivity index (χ0n) is 25.5. The maximum absolute atomic E-state index is 12.7. The standard InChI is InChI=1S/C32H34ClN7O5S/c1-19-8-10-20(11-9-19)17-40-27-26(22-14-23(33)16-24(15-22)46(2,42)43)34-29(30-37-32(41)45-38-30)35-28(27)36-31(40)39-12-13-44-18-25(39)21-6-4-3-5-7-21/h3-7,14-16,19-20,25H,8-13,17-18H2,1-2H3,(H,37,38,41)/t19-,20-,25-/m0/s1. The largest absolute Gasteiger partial charge is 0.439 e. The van der Waals surface area contributed by atoms with Crippen molar-refractivity contribution in [2.45, 2.75) is 50.1 Å². The van der Waals surface area contributed by atoms with Gasteiger partial charge in [0.2, 0.25) is 17.6 Å². The van der Waals surface area contributed by atoms with Gasteiger partial charge < -0.3 is 14.2 Å². The second-order valence-corrected chi connectivity index (χ2v) is 14.8. The maximum atomic E-state index is 12.7. The Morgan fingerprint density at radius 2 is 1.83 bits per heavy atom. The summed E-state index contributed by atoms with van der Waals surface area (Å²) in [5, 5.41) is 4.06. The maximum Gasteiger partial charge on any atom is 0.439 e. The van der Waals surface area contributed by atoms with Gasteiger partial charge in [-0.3, -0.25) is 9.51 Å². The van der Waals surface area contributed by atoms with Crippen LogP contribution in [0.4, 0.5) is 5.95 Å². The molecule has 5 aromatic rings. The molecule has 1 atom stereocenters. The lowest BCUT2D eigenvalue weighted by Gasteiger charge is -2.37. The Balaban J connectivity index is 1.49. The molecule has 7 rings (SSSR count). The van der Waals surface area contributed by atoms with Gasteiger partial charge in [0, 0.05) is 29.9 Å². The van der Waals surface area contributed by atoms with Crippen LogP contribution in [0.25, 0.3) is 34.1 Å². The molecule has 1 aliphatic heterocycles. The summed E-state index contributed by atoms with van der Waals surface area (Å²) in [6, 6.07) is 14.7. The van der Waals surface area contributed by atoms with Gasteiger partial charge in [-0.1, -0.05) is 66.9 Å². The highest BCUT2D eigenvalue weighted by molar-refractivity contribution is 7.90. The van der Waals surface area contributed by atoms with Crippen molar-refractivity contribution >= 4 is 38.6 Å². The predicted octanol–water partition coefficient (Wildman–Crippen LogP) is 5.30. The van der Waals surface area contributed by atoms with Gasteiger partial charge in [0.05, 0.1) is 24.2 Å². The Morgan fingerprint density at radius 1 is 1.04 bits per heavy atom. The van der Waals surface area contributed by atoms with E-state index in [4.69, 9.17) is 35.8 Å². The molecule has 240 valence electrons. The zero-order chi connectivity index (χ0) is 32.0. The molecule has 3 aromatic heterocycles. The molecule has 0 amide bonds. The van der Waals surface area contributed by atoms with Crippen molar-refractivity contribution in [3.8, 4) is 22.9 Å². The highest BCUT2D eigenvalue weighted by Crippen LogP contribution is 2.39. The quantitative estimate of drug-likeness (QED) is 0.243. The van der Waals surface area contributed by atoms with Crippen molar-refractivity contribution in [1.82, 2.24) is 29.7 Å². The molecule has 46 heavy (non-hydrogen) atoms. The van der Waals surface area contributed by atoms with E-state index in [1.807, 2.05) is 18.2 Å². The molecule has 12 nitrogen and oxygen atoms in total. The van der Waals surface area contributed by atoms with E-state index >= 15 is 0 Å². The lowest BCUT2D eigenvalue weighted by molar-refractivity contribution is 0.0927. The molecule has 0 unspecified atom stereocenters. The number of fused-ring (bicyclic) bond motifs is 1. The minimum absolute atomic E-state index is 0.0319. The van der Waals surface area contributed by atoms with E-state index in [9.17, 15) is 13.2 Å². The first-order valence-electron chi connectivity index (χ1n) is 15.4. The van der Waals surface area contributed by atoms with Crippen LogP contribution in [-0.4, -0.2) is 64.1 Å². The Hall–Kier alpha value is -4.07. The molecule has 4 heterocycles. The van der Waals surface area contributed by atoms with Crippen molar-refractivity contribution in [3.63, 3.8) is 0 Å². The third-order valence-electron chi connectivity index (χ3n) is 8.95. The minimum Gasteiger partial charge on any atom is -0.377 e. The van der Waals surface area contributed by atoms with E-state index in [0.29, 0.717) is 60.6 Å². The number of anilines is 1. The Bertz CT molecular complexity index is 2050. The molecule has 14 heteroatoms. The molecule has 1 saturated heterocycles. The van der Waals surface area contributed by atoms with Gasteiger partial charge in [0.25, 0.3) is 0 Å². The molecular formula is C32H34ClN7O5S. The van der Waals surface area contributed by atoms with Crippen LogP contribution in [0.2, 0.25) is 5.02 Å². The average Bonchev–Trinajstić information content (AvgIpc) is 3.65. The monoisotopic (exact) mass is 663 g/mol. The van der Waals surface area contributed by atoms with Gasteiger partial charge in [-0.05, 0) is 48.4 Å². The summed E-state index contributed by atoms with van der Waals surface area (Å²) in [5.74, 6) is 1.16. The number of benzene rings is 2. The fraction of sp³-hybridized carbons (Fsp3) is 0.406. The number of imidazole rings is 1. The predicted molar refractivity (Wildman–Crippen MR) is 173 cm³/mol. The van der Waals surface area contributed by atoms with Crippen LogP contribution in [0.1, 0.15) is 44.2 Å². The molecule has 0 radical (unpaired) electrons. The zero-order valence-corrected chi connectivity index (χ0v) is 27.1. The van der Waals surface area contributed by atoms with Gasteiger partial charge in [0.15, 0.2) is 15.5 Å². The minimum atomic E-state index is -3.60. The number of aromatic amines is 1. The van der Waals surface area contributed by atoms with E-state index in [0.717, 1.165) is 43.5 Å². The van der Waals surface area contributed by atoms with Gasteiger partial charge in [-0.25, -0.2) is 23.2 Å². The number of morpholine rings is 1. The smallest absolute Gasteiger partial charge is 0.377 e. The number of nitrogens with zero attached hydrogens (tertiary/aromatic N) is 6. The Labute approximate surface area is 270 Å². The van der Waals surface area contributed by atoms with Crippen molar-refractivity contribution in [2.24, 2.45) is 11.8 Å². The van der Waals surface area contributed by atoms with Crippen LogP contribution in [0.3, 0.4) is 0 Å². The van der Waals surface area contributed by atoms with Gasteiger partial charge in [0.1, 0.15) is 11.2 Å². The van der Waals surface area contributed by atoms with Crippen molar-refractivity contribution < 1.29 is 17.7 Å². The van der Waals surface area contributed by atoms with Crippen LogP contribution in [-0.2, 0) is 21.1 Å². The summed E-state index contributed by atoms with van der Waals surface area (Å²) >= 11 is 6.51. The summed E-state index contributed by atoms with van der Waals surface area (Å²) in [6.45, 7) is 4.60. The van der Waals surface area contributed by atoms with Crippen LogP contribution in [0.5, 0.6) is 0 Å². The number of hydrogen-bond donors (Lipinski definition) is 1. The van der Waals surface area contributed by atoms with E-state index in [2.05, 4.69) is 38.7 Å². The first-order valence-corrected chi connectivity index (χ1v) is 17.7. The number of rotatable bonds is 7. The van der Waals surface area contributed by atoms with E-state index < -0.39 is 15.6 Å². The first-order chi connectivity index (χ1) is 22.1. The second-order valence-electron chi connectivity index (χ2n) is 12.3. The summed E-state index contributed by atoms with van der Waals surface area (Å²) in [5.41, 5.74) is 3.01. The fourth-order valence-electron chi connectivity index (χ4n) is 6.53. The topological polar surface area (TPSA) is 149 Å². The molecule has 1 aliphatic carbocycles. The van der Waals surface area contributed by atoms with Crippen molar-refractivity contribution in [3.05, 3.63) is 69.7 Å². The highest BCUT2D eigenvalue weighted by Gasteiger charge is 2.32. The fourth-order valence-corrected chi connectivity index (χ4v) is 7.51. The molecule has 2 fully saturated rings. The molecule has 1 N–H and O–H groups in total. The number of hydrogen-bond acceptors (Lipinski definition) is 10. The van der Waals surface area contributed by atoms with Gasteiger partial charge >= 0.3 is 5.76 Å². The van der Waals surface area contributed by atoms with Gasteiger partial charge in [-0.15, -0.1) is 0 Å². The molecule has 0 bridgehead atoms. The lowest BCUT2D eigenvalue weighted by atomic mass is 9.83. The van der Waals surface area contributed by atoms with E-state index in [-0.39, 0.29) is 27.6 Å². The number of ether oxygens (including phenoxy) is 1. The van der Waals surface area contributed by atoms with Crippen LogP contribution in [0, 0.1) is 11.8 Å².